The average Bonchev–Trinajstić information content (AvgIpc) is 3.10. The summed E-state index contributed by atoms with van der Waals surface area (Å²) in [5.41, 5.74) is -5.29. The van der Waals surface area contributed by atoms with Gasteiger partial charge in [-0.25, -0.2) is 14.5 Å². The summed E-state index contributed by atoms with van der Waals surface area (Å²) in [5.74, 6) is -1.48. The van der Waals surface area contributed by atoms with Crippen molar-refractivity contribution in [2.75, 3.05) is 10.2 Å². The molecule has 0 unspecified atom stereocenters. The predicted octanol–water partition coefficient (Wildman–Crippen LogP) is 8.04. The second-order valence-corrected chi connectivity index (χ2v) is 12.0. The van der Waals surface area contributed by atoms with Crippen molar-refractivity contribution in [3.63, 3.8) is 0 Å². The molecule has 14 heteroatoms. The molecule has 1 aliphatic heterocycles. The van der Waals surface area contributed by atoms with E-state index in [1.165, 1.54) is 44.2 Å². The highest BCUT2D eigenvalue weighted by Gasteiger charge is 2.52. The van der Waals surface area contributed by atoms with Crippen molar-refractivity contribution in [2.45, 2.75) is 64.7 Å². The Morgan fingerprint density at radius 3 is 2.09 bits per heavy atom. The summed E-state index contributed by atoms with van der Waals surface area (Å²) in [6.45, 7) is 7.38. The normalized spacial score (nSPS) is 15.2. The van der Waals surface area contributed by atoms with Gasteiger partial charge in [0.15, 0.2) is 0 Å². The Kier molecular flexibility index (Phi) is 8.60. The van der Waals surface area contributed by atoms with E-state index in [1.807, 2.05) is 0 Å². The molecule has 1 N–H and O–H groups in total. The van der Waals surface area contributed by atoms with Crippen LogP contribution in [-0.2, 0) is 28.4 Å². The van der Waals surface area contributed by atoms with Gasteiger partial charge in [-0.3, -0.25) is 4.79 Å². The first-order valence-corrected chi connectivity index (χ1v) is 13.7. The molecule has 1 saturated heterocycles. The molecule has 8 nitrogen and oxygen atoms in total. The van der Waals surface area contributed by atoms with Crippen LogP contribution in [0.3, 0.4) is 0 Å². The molecule has 46 heavy (non-hydrogen) atoms. The molecular weight excluding hydrogens is 618 g/mol. The van der Waals surface area contributed by atoms with Gasteiger partial charge in [-0.15, -0.1) is 0 Å². The molecule has 4 rings (SSSR count). The second kappa shape index (κ2) is 11.7. The van der Waals surface area contributed by atoms with Gasteiger partial charge in [0.25, 0.3) is 5.91 Å². The molecule has 0 spiro atoms. The fraction of sp³-hybridized carbons (Fsp3) is 0.312. The fourth-order valence-electron chi connectivity index (χ4n) is 4.69. The van der Waals surface area contributed by atoms with Gasteiger partial charge >= 0.3 is 24.4 Å². The van der Waals surface area contributed by atoms with Crippen molar-refractivity contribution < 1.29 is 45.5 Å². The van der Waals surface area contributed by atoms with Crippen LogP contribution >= 0.6 is 0 Å². The summed E-state index contributed by atoms with van der Waals surface area (Å²) in [6, 6.07) is 11.3. The zero-order valence-corrected chi connectivity index (χ0v) is 25.2. The van der Waals surface area contributed by atoms with Gasteiger partial charge in [0, 0.05) is 11.4 Å². The van der Waals surface area contributed by atoms with Gasteiger partial charge in [-0.05, 0) is 94.8 Å². The molecule has 1 fully saturated rings. The molecule has 0 atom stereocenters. The Morgan fingerprint density at radius 2 is 1.54 bits per heavy atom. The van der Waals surface area contributed by atoms with E-state index < -0.39 is 70.3 Å². The predicted molar refractivity (Wildman–Crippen MR) is 155 cm³/mol. The molecule has 1 aliphatic rings. The van der Waals surface area contributed by atoms with E-state index in [0.717, 1.165) is 35.2 Å². The van der Waals surface area contributed by atoms with Crippen LogP contribution in [-0.4, -0.2) is 33.9 Å². The summed E-state index contributed by atoms with van der Waals surface area (Å²) in [4.78, 5) is 40.9. The smallest absolute Gasteiger partial charge is 0.417 e. The van der Waals surface area contributed by atoms with Crippen molar-refractivity contribution in [3.05, 3.63) is 88.5 Å². The lowest BCUT2D eigenvalue weighted by atomic mass is 10.0. The van der Waals surface area contributed by atoms with Crippen LogP contribution in [0.25, 0.3) is 0 Å². The van der Waals surface area contributed by atoms with Gasteiger partial charge in [0.05, 0.1) is 40.6 Å². The first kappa shape index (κ1) is 33.8. The fourth-order valence-corrected chi connectivity index (χ4v) is 4.69. The van der Waals surface area contributed by atoms with Crippen LogP contribution in [0.4, 0.5) is 48.2 Å². The molecule has 0 radical (unpaired) electrons. The minimum atomic E-state index is -4.95. The molecule has 0 saturated carbocycles. The number of imide groups is 1. The van der Waals surface area contributed by atoms with E-state index in [0.29, 0.717) is 11.0 Å². The van der Waals surface area contributed by atoms with E-state index in [1.54, 1.807) is 20.8 Å². The van der Waals surface area contributed by atoms with E-state index in [-0.39, 0.29) is 22.5 Å². The van der Waals surface area contributed by atoms with E-state index in [9.17, 15) is 40.7 Å². The highest BCUT2D eigenvalue weighted by molar-refractivity contribution is 6.23. The Morgan fingerprint density at radius 1 is 0.913 bits per heavy atom. The zero-order chi connectivity index (χ0) is 34.4. The topological polar surface area (TPSA) is 103 Å². The van der Waals surface area contributed by atoms with E-state index in [2.05, 4.69) is 5.32 Å². The second-order valence-electron chi connectivity index (χ2n) is 12.0. The van der Waals surface area contributed by atoms with Gasteiger partial charge in [-0.1, -0.05) is 6.07 Å². The van der Waals surface area contributed by atoms with Crippen molar-refractivity contribution in [1.29, 1.82) is 5.26 Å². The SMILES string of the molecule is CC(C)(C)OC(=O)c1ccc(Nc2cc(C(F)(F)F)ccc2CN2C(=O)N(c3ccc(C#N)c(C(F)(F)F)c3)C(=O)C2(C)C)cc1. The minimum absolute atomic E-state index is 0.0768. The number of rotatable bonds is 6. The number of ether oxygens (including phenoxy) is 1. The van der Waals surface area contributed by atoms with Crippen LogP contribution in [0, 0.1) is 11.3 Å². The largest absolute Gasteiger partial charge is 0.456 e. The van der Waals surface area contributed by atoms with Crippen LogP contribution in [0.5, 0.6) is 0 Å². The number of carbonyl (C=O) groups excluding carboxylic acids is 3. The molecule has 0 bridgehead atoms. The number of urea groups is 1. The number of esters is 1. The highest BCUT2D eigenvalue weighted by Crippen LogP contribution is 2.40. The van der Waals surface area contributed by atoms with Gasteiger partial charge in [0.1, 0.15) is 11.1 Å². The van der Waals surface area contributed by atoms with Crippen molar-refractivity contribution >= 4 is 35.0 Å². The number of nitriles is 1. The van der Waals surface area contributed by atoms with Crippen molar-refractivity contribution in [3.8, 4) is 6.07 Å². The Bertz CT molecular complexity index is 1740. The molecule has 3 amide bonds. The number of halogens is 6. The number of nitrogens with one attached hydrogen (secondary N) is 1. The summed E-state index contributed by atoms with van der Waals surface area (Å²) in [5, 5.41) is 12.0. The standard InChI is InChI=1S/C32H28F6N4O4/c1-29(2,3)46-26(43)18-7-11-22(12-8-18)40-25-14-21(31(33,34)35)10-6-20(25)17-41-28(45)42(27(44)30(41,4)5)23-13-9-19(16-39)24(15-23)32(36,37)38/h6-15,40H,17H2,1-5H3. The van der Waals surface area contributed by atoms with Crippen molar-refractivity contribution in [1.82, 2.24) is 4.90 Å². The minimum Gasteiger partial charge on any atom is -0.456 e. The Balaban J connectivity index is 1.69. The third-order valence-corrected chi connectivity index (χ3v) is 7.07. The Labute approximate surface area is 260 Å². The zero-order valence-electron chi connectivity index (χ0n) is 25.2. The summed E-state index contributed by atoms with van der Waals surface area (Å²) >= 11 is 0. The van der Waals surface area contributed by atoms with E-state index >= 15 is 0 Å². The average molecular weight is 647 g/mol. The molecule has 0 aromatic heterocycles. The molecule has 3 aromatic rings. The first-order chi connectivity index (χ1) is 21.1. The number of hydrogen-bond donors (Lipinski definition) is 1. The lowest BCUT2D eigenvalue weighted by Gasteiger charge is -2.29. The monoisotopic (exact) mass is 646 g/mol. The van der Waals surface area contributed by atoms with Crippen LogP contribution < -0.4 is 10.2 Å². The van der Waals surface area contributed by atoms with Gasteiger partial charge < -0.3 is 15.0 Å². The maximum Gasteiger partial charge on any atom is 0.417 e. The number of alkyl halides is 6. The van der Waals surface area contributed by atoms with Crippen LogP contribution in [0.15, 0.2) is 60.7 Å². The number of nitrogens with zero attached hydrogens (tertiary/aromatic N) is 3. The van der Waals surface area contributed by atoms with Crippen molar-refractivity contribution in [2.24, 2.45) is 0 Å². The number of anilines is 3. The number of benzene rings is 3. The number of hydrogen-bond acceptors (Lipinski definition) is 6. The molecular formula is C32H28F6N4O4. The third kappa shape index (κ3) is 6.93. The lowest BCUT2D eigenvalue weighted by Crippen LogP contribution is -2.43. The molecule has 0 aliphatic carbocycles. The molecule has 3 aromatic carbocycles. The maximum atomic E-state index is 13.7. The molecule has 242 valence electrons. The van der Waals surface area contributed by atoms with Gasteiger partial charge in [0.2, 0.25) is 0 Å². The highest BCUT2D eigenvalue weighted by atomic mass is 19.4. The molecule has 1 heterocycles. The van der Waals surface area contributed by atoms with Gasteiger partial charge in [-0.2, -0.15) is 31.6 Å². The van der Waals surface area contributed by atoms with Crippen LogP contribution in [0.2, 0.25) is 0 Å². The summed E-state index contributed by atoms with van der Waals surface area (Å²) in [7, 11) is 0. The quantitative estimate of drug-likeness (QED) is 0.165. The van der Waals surface area contributed by atoms with Crippen LogP contribution in [0.1, 0.15) is 67.2 Å². The third-order valence-electron chi connectivity index (χ3n) is 7.07. The number of amides is 3. The summed E-state index contributed by atoms with van der Waals surface area (Å²) < 4.78 is 87.2. The number of carbonyl (C=O) groups is 3. The first-order valence-electron chi connectivity index (χ1n) is 13.7. The summed E-state index contributed by atoms with van der Waals surface area (Å²) in [6.07, 6.45) is -9.68. The Hall–Kier alpha value is -5.06. The lowest BCUT2D eigenvalue weighted by molar-refractivity contribution is -0.138. The maximum absolute atomic E-state index is 13.7. The van der Waals surface area contributed by atoms with E-state index in [4.69, 9.17) is 10.00 Å².